The predicted molar refractivity (Wildman–Crippen MR) is 85.9 cm³/mol. The van der Waals surface area contributed by atoms with Crippen molar-refractivity contribution in [2.75, 3.05) is 0 Å². The molecule has 0 radical (unpaired) electrons. The molecule has 0 bridgehead atoms. The van der Waals surface area contributed by atoms with Crippen molar-refractivity contribution < 1.29 is 4.74 Å². The Morgan fingerprint density at radius 1 is 1.24 bits per heavy atom. The van der Waals surface area contributed by atoms with E-state index in [1.54, 1.807) is 12.4 Å². The first-order valence-corrected chi connectivity index (χ1v) is 7.35. The van der Waals surface area contributed by atoms with Gasteiger partial charge in [0, 0.05) is 22.6 Å². The van der Waals surface area contributed by atoms with E-state index in [9.17, 15) is 0 Å². The highest BCUT2D eigenvalue weighted by Crippen LogP contribution is 2.27. The molecule has 1 aromatic carbocycles. The van der Waals surface area contributed by atoms with Crippen molar-refractivity contribution in [3.05, 3.63) is 59.5 Å². The Morgan fingerprint density at radius 2 is 2.10 bits per heavy atom. The number of rotatable bonds is 4. The van der Waals surface area contributed by atoms with Gasteiger partial charge >= 0.3 is 0 Å². The Balaban J connectivity index is 1.96. The molecule has 2 aromatic heterocycles. The summed E-state index contributed by atoms with van der Waals surface area (Å²) in [5.41, 5.74) is 2.27. The van der Waals surface area contributed by atoms with E-state index in [-0.39, 0.29) is 0 Å². The molecule has 108 valence electrons. The fraction of sp³-hybridized carbons (Fsp3) is 0.235. The van der Waals surface area contributed by atoms with E-state index in [1.807, 2.05) is 30.3 Å². The number of hydrogen-bond donors (Lipinski definition) is 0. The fourth-order valence-corrected chi connectivity index (χ4v) is 2.73. The molecule has 0 unspecified atom stereocenters. The van der Waals surface area contributed by atoms with Gasteiger partial charge in [-0.1, -0.05) is 17.7 Å². The average Bonchev–Trinajstić information content (AvgIpc) is 2.84. The summed E-state index contributed by atoms with van der Waals surface area (Å²) >= 11 is 6.12. The van der Waals surface area contributed by atoms with Crippen LogP contribution in [0.5, 0.6) is 5.75 Å². The Morgan fingerprint density at radius 3 is 2.81 bits per heavy atom. The summed E-state index contributed by atoms with van der Waals surface area (Å²) in [4.78, 5) is 4.06. The van der Waals surface area contributed by atoms with Crippen LogP contribution in [0.25, 0.3) is 10.9 Å². The molecule has 3 nitrogen and oxygen atoms in total. The van der Waals surface area contributed by atoms with Gasteiger partial charge in [0.2, 0.25) is 0 Å². The minimum atomic E-state index is 0.341. The molecule has 0 aliphatic heterocycles. The van der Waals surface area contributed by atoms with Crippen LogP contribution in [0.1, 0.15) is 25.6 Å². The van der Waals surface area contributed by atoms with Crippen molar-refractivity contribution in [2.45, 2.75) is 26.5 Å². The summed E-state index contributed by atoms with van der Waals surface area (Å²) in [6.07, 6.45) is 3.46. The zero-order valence-electron chi connectivity index (χ0n) is 12.1. The van der Waals surface area contributed by atoms with Crippen LogP contribution in [0.4, 0.5) is 0 Å². The maximum absolute atomic E-state index is 6.12. The number of halogens is 1. The number of nitrogens with zero attached hydrogens (tertiary/aromatic N) is 2. The number of aromatic nitrogens is 2. The van der Waals surface area contributed by atoms with Crippen LogP contribution in [0.3, 0.4) is 0 Å². The van der Waals surface area contributed by atoms with E-state index in [1.165, 1.54) is 5.39 Å². The van der Waals surface area contributed by atoms with Gasteiger partial charge in [-0.25, -0.2) is 0 Å². The molecule has 0 N–H and O–H groups in total. The Labute approximate surface area is 129 Å². The Bertz CT molecular complexity index is 750. The van der Waals surface area contributed by atoms with Crippen LogP contribution in [-0.2, 0) is 6.61 Å². The molecular formula is C17H17ClN2O. The molecule has 3 rings (SSSR count). The van der Waals surface area contributed by atoms with Crippen molar-refractivity contribution in [1.82, 2.24) is 9.55 Å². The van der Waals surface area contributed by atoms with Gasteiger partial charge in [-0.15, -0.1) is 0 Å². The molecule has 0 aliphatic rings. The van der Waals surface area contributed by atoms with Gasteiger partial charge in [-0.3, -0.25) is 4.98 Å². The predicted octanol–water partition coefficient (Wildman–Crippen LogP) is 4.85. The quantitative estimate of drug-likeness (QED) is 0.688. The smallest absolute Gasteiger partial charge is 0.138 e. The van der Waals surface area contributed by atoms with Crippen LogP contribution in [-0.4, -0.2) is 9.55 Å². The molecule has 3 aromatic rings. The molecular weight excluding hydrogens is 284 g/mol. The molecule has 4 heteroatoms. The van der Waals surface area contributed by atoms with E-state index in [4.69, 9.17) is 16.3 Å². The zero-order valence-corrected chi connectivity index (χ0v) is 12.8. The van der Waals surface area contributed by atoms with E-state index in [2.05, 4.69) is 29.5 Å². The largest absolute Gasteiger partial charge is 0.486 e. The highest BCUT2D eigenvalue weighted by atomic mass is 35.5. The first-order chi connectivity index (χ1) is 10.1. The molecule has 0 amide bonds. The molecule has 21 heavy (non-hydrogen) atoms. The second-order valence-corrected chi connectivity index (χ2v) is 5.72. The van der Waals surface area contributed by atoms with E-state index in [0.717, 1.165) is 22.0 Å². The van der Waals surface area contributed by atoms with Gasteiger partial charge in [0.25, 0.3) is 0 Å². The van der Waals surface area contributed by atoms with Crippen LogP contribution < -0.4 is 4.74 Å². The van der Waals surface area contributed by atoms with Gasteiger partial charge in [0.05, 0.1) is 17.4 Å². The molecule has 0 saturated heterocycles. The second-order valence-electron chi connectivity index (χ2n) is 5.28. The number of hydrogen-bond acceptors (Lipinski definition) is 2. The summed E-state index contributed by atoms with van der Waals surface area (Å²) in [6.45, 7) is 4.83. The summed E-state index contributed by atoms with van der Waals surface area (Å²) in [5.74, 6) is 0.774. The van der Waals surface area contributed by atoms with E-state index < -0.39 is 0 Å². The van der Waals surface area contributed by atoms with E-state index in [0.29, 0.717) is 12.6 Å². The zero-order chi connectivity index (χ0) is 14.8. The first-order valence-electron chi connectivity index (χ1n) is 6.97. The van der Waals surface area contributed by atoms with E-state index >= 15 is 0 Å². The minimum Gasteiger partial charge on any atom is -0.486 e. The minimum absolute atomic E-state index is 0.341. The Kier molecular flexibility index (Phi) is 3.84. The Hall–Kier alpha value is -2.00. The maximum Gasteiger partial charge on any atom is 0.138 e. The average molecular weight is 301 g/mol. The van der Waals surface area contributed by atoms with Crippen molar-refractivity contribution in [3.8, 4) is 5.75 Å². The van der Waals surface area contributed by atoms with Gasteiger partial charge in [0.1, 0.15) is 12.4 Å². The van der Waals surface area contributed by atoms with Crippen LogP contribution in [0, 0.1) is 0 Å². The normalized spacial score (nSPS) is 11.2. The monoisotopic (exact) mass is 300 g/mol. The van der Waals surface area contributed by atoms with Gasteiger partial charge in [-0.2, -0.15) is 0 Å². The topological polar surface area (TPSA) is 27.1 Å². The highest BCUT2D eigenvalue weighted by Gasteiger charge is 2.12. The van der Waals surface area contributed by atoms with Crippen LogP contribution in [0.15, 0.2) is 48.8 Å². The molecule has 0 aliphatic carbocycles. The standard InChI is InChI=1S/C17H17ClN2O/c1-12(2)20-15(11-21-16-4-3-7-19-10-16)8-13-5-6-14(18)9-17(13)20/h3-10,12H,11H2,1-2H3. The molecule has 0 fully saturated rings. The second kappa shape index (κ2) is 5.78. The molecule has 0 spiro atoms. The number of benzene rings is 1. The third kappa shape index (κ3) is 2.88. The number of ether oxygens (including phenoxy) is 1. The lowest BCUT2D eigenvalue weighted by atomic mass is 10.2. The van der Waals surface area contributed by atoms with Gasteiger partial charge < -0.3 is 9.30 Å². The van der Waals surface area contributed by atoms with Crippen molar-refractivity contribution in [3.63, 3.8) is 0 Å². The van der Waals surface area contributed by atoms with Gasteiger partial charge in [-0.05, 0) is 44.2 Å². The SMILES string of the molecule is CC(C)n1c(COc2cccnc2)cc2ccc(Cl)cc21. The summed E-state index contributed by atoms with van der Waals surface area (Å²) < 4.78 is 8.09. The lowest BCUT2D eigenvalue weighted by molar-refractivity contribution is 0.292. The summed E-state index contributed by atoms with van der Waals surface area (Å²) in [7, 11) is 0. The fourth-order valence-electron chi connectivity index (χ4n) is 2.56. The summed E-state index contributed by atoms with van der Waals surface area (Å²) in [5, 5.41) is 1.93. The maximum atomic E-state index is 6.12. The number of fused-ring (bicyclic) bond motifs is 1. The van der Waals surface area contributed by atoms with Crippen LogP contribution in [0.2, 0.25) is 5.02 Å². The lowest BCUT2D eigenvalue weighted by Crippen LogP contribution is -2.08. The van der Waals surface area contributed by atoms with Crippen molar-refractivity contribution >= 4 is 22.5 Å². The molecule has 0 saturated carbocycles. The molecule has 0 atom stereocenters. The van der Waals surface area contributed by atoms with Gasteiger partial charge in [0.15, 0.2) is 0 Å². The van der Waals surface area contributed by atoms with Crippen LogP contribution >= 0.6 is 11.6 Å². The lowest BCUT2D eigenvalue weighted by Gasteiger charge is -2.15. The van der Waals surface area contributed by atoms with Crippen molar-refractivity contribution in [2.24, 2.45) is 0 Å². The third-order valence-electron chi connectivity index (χ3n) is 3.42. The highest BCUT2D eigenvalue weighted by molar-refractivity contribution is 6.31. The third-order valence-corrected chi connectivity index (χ3v) is 3.66. The van der Waals surface area contributed by atoms with Crippen molar-refractivity contribution in [1.29, 1.82) is 0 Å². The molecule has 2 heterocycles. The first kappa shape index (κ1) is 14.0. The summed E-state index contributed by atoms with van der Waals surface area (Å²) in [6, 6.07) is 12.2. The number of pyridine rings is 1.